The van der Waals surface area contributed by atoms with Crippen LogP contribution in [0.5, 0.6) is 0 Å². The molecule has 0 bridgehead atoms. The minimum atomic E-state index is -0.761. The average Bonchev–Trinajstić information content (AvgIpc) is 2.85. The van der Waals surface area contributed by atoms with E-state index in [0.29, 0.717) is 39.6 Å². The number of nitrogens with one attached hydrogen (secondary N) is 2. The van der Waals surface area contributed by atoms with E-state index in [0.717, 1.165) is 24.8 Å². The highest BCUT2D eigenvalue weighted by atomic mass is 35.5. The summed E-state index contributed by atoms with van der Waals surface area (Å²) in [7, 11) is 0. The van der Waals surface area contributed by atoms with Crippen LogP contribution in [0.15, 0.2) is 66.7 Å². The molecule has 0 aliphatic carbocycles. The number of ketones is 1. The Bertz CT molecular complexity index is 1230. The van der Waals surface area contributed by atoms with Crippen LogP contribution in [0, 0.1) is 6.92 Å². The zero-order chi connectivity index (χ0) is 25.9. The highest BCUT2D eigenvalue weighted by Gasteiger charge is 2.16. The lowest BCUT2D eigenvalue weighted by molar-refractivity contribution is -0.151. The van der Waals surface area contributed by atoms with Crippen molar-refractivity contribution in [3.05, 3.63) is 88.4 Å². The Kier molecular flexibility index (Phi) is 9.89. The molecule has 3 rings (SSSR count). The first kappa shape index (κ1) is 26.8. The van der Waals surface area contributed by atoms with Crippen molar-refractivity contribution in [2.75, 3.05) is 17.4 Å². The monoisotopic (exact) mass is 508 g/mol. The number of aryl methyl sites for hydroxylation is 1. The molecule has 0 atom stereocenters. The van der Waals surface area contributed by atoms with Gasteiger partial charge in [0.1, 0.15) is 0 Å². The summed E-state index contributed by atoms with van der Waals surface area (Å²) in [4.78, 5) is 36.7. The average molecular weight is 509 g/mol. The van der Waals surface area contributed by atoms with Crippen LogP contribution in [0.4, 0.5) is 21.9 Å². The van der Waals surface area contributed by atoms with Gasteiger partial charge in [-0.1, -0.05) is 67.8 Å². The summed E-state index contributed by atoms with van der Waals surface area (Å²) >= 11 is 6.45. The van der Waals surface area contributed by atoms with E-state index < -0.39 is 18.9 Å². The number of carbonyl (C=O) groups is 3. The van der Waals surface area contributed by atoms with Gasteiger partial charge in [-0.2, -0.15) is 0 Å². The molecular formula is C28H29ClN2O5. The lowest BCUT2D eigenvalue weighted by atomic mass is 9.99. The molecule has 0 aromatic heterocycles. The number of hydrogen-bond acceptors (Lipinski definition) is 6. The number of hydrogen-bond donors (Lipinski definition) is 2. The van der Waals surface area contributed by atoms with E-state index in [1.54, 1.807) is 48.5 Å². The van der Waals surface area contributed by atoms with Crippen molar-refractivity contribution in [3.8, 4) is 0 Å². The van der Waals surface area contributed by atoms with Crippen LogP contribution in [-0.4, -0.2) is 24.6 Å². The Morgan fingerprint density at radius 3 is 2.31 bits per heavy atom. The van der Waals surface area contributed by atoms with Crippen LogP contribution in [0.3, 0.4) is 0 Å². The number of para-hydroxylation sites is 2. The number of rotatable bonds is 11. The number of halogens is 1. The molecule has 8 heteroatoms. The number of esters is 1. The highest BCUT2D eigenvalue weighted by molar-refractivity contribution is 6.35. The molecular weight excluding hydrogens is 480 g/mol. The fraction of sp³-hybridized carbons (Fsp3) is 0.250. The second-order valence-electron chi connectivity index (χ2n) is 8.16. The van der Waals surface area contributed by atoms with Crippen LogP contribution in [-0.2, 0) is 14.3 Å². The summed E-state index contributed by atoms with van der Waals surface area (Å²) in [6.07, 6.45) is 2.22. The number of anilines is 3. The molecule has 0 aliphatic rings. The lowest BCUT2D eigenvalue weighted by Crippen LogP contribution is -2.18. The van der Waals surface area contributed by atoms with Gasteiger partial charge in [-0.05, 0) is 49.2 Å². The number of ether oxygens (including phenoxy) is 2. The fourth-order valence-electron chi connectivity index (χ4n) is 3.49. The van der Waals surface area contributed by atoms with Crippen molar-refractivity contribution < 1.29 is 23.9 Å². The van der Waals surface area contributed by atoms with Gasteiger partial charge in [0.2, 0.25) is 6.79 Å². The SMILES string of the molecule is CCCCCC(=O)OCOC(=O)Nc1ccccc1Nc1ccc(C(=O)c2ccccc2C)c(Cl)c1. The lowest BCUT2D eigenvalue weighted by Gasteiger charge is -2.14. The first-order valence-corrected chi connectivity index (χ1v) is 12.1. The first-order valence-electron chi connectivity index (χ1n) is 11.7. The Balaban J connectivity index is 1.61. The van der Waals surface area contributed by atoms with Gasteiger partial charge in [0, 0.05) is 23.2 Å². The summed E-state index contributed by atoms with van der Waals surface area (Å²) < 4.78 is 9.89. The summed E-state index contributed by atoms with van der Waals surface area (Å²) in [5.41, 5.74) is 3.53. The minimum absolute atomic E-state index is 0.152. The molecule has 2 N–H and O–H groups in total. The van der Waals surface area contributed by atoms with E-state index in [-0.39, 0.29) is 5.78 Å². The molecule has 0 fully saturated rings. The van der Waals surface area contributed by atoms with Crippen LogP contribution in [0.1, 0.15) is 54.1 Å². The minimum Gasteiger partial charge on any atom is -0.428 e. The molecule has 36 heavy (non-hydrogen) atoms. The van der Waals surface area contributed by atoms with Crippen LogP contribution >= 0.6 is 11.6 Å². The predicted molar refractivity (Wildman–Crippen MR) is 141 cm³/mol. The smallest absolute Gasteiger partial charge is 0.414 e. The summed E-state index contributed by atoms with van der Waals surface area (Å²) in [6.45, 7) is 3.46. The molecule has 0 aliphatic heterocycles. The molecule has 0 unspecified atom stereocenters. The Morgan fingerprint density at radius 1 is 0.861 bits per heavy atom. The van der Waals surface area contributed by atoms with Crippen molar-refractivity contribution in [1.82, 2.24) is 0 Å². The summed E-state index contributed by atoms with van der Waals surface area (Å²) in [5.74, 6) is -0.555. The maximum Gasteiger partial charge on any atom is 0.414 e. The van der Waals surface area contributed by atoms with Gasteiger partial charge in [0.05, 0.1) is 16.4 Å². The molecule has 0 saturated carbocycles. The van der Waals surface area contributed by atoms with E-state index in [1.165, 1.54) is 0 Å². The maximum atomic E-state index is 12.9. The Morgan fingerprint density at radius 2 is 1.58 bits per heavy atom. The molecule has 0 saturated heterocycles. The Hall–Kier alpha value is -3.84. The van der Waals surface area contributed by atoms with Crippen molar-refractivity contribution in [3.63, 3.8) is 0 Å². The van der Waals surface area contributed by atoms with E-state index in [1.807, 2.05) is 32.0 Å². The molecule has 7 nitrogen and oxygen atoms in total. The maximum absolute atomic E-state index is 12.9. The number of amides is 1. The third-order valence-corrected chi connectivity index (χ3v) is 5.75. The van der Waals surface area contributed by atoms with Gasteiger partial charge >= 0.3 is 12.1 Å². The molecule has 3 aromatic carbocycles. The van der Waals surface area contributed by atoms with Crippen molar-refractivity contribution in [1.29, 1.82) is 0 Å². The van der Waals surface area contributed by atoms with Gasteiger partial charge in [0.25, 0.3) is 0 Å². The number of unbranched alkanes of at least 4 members (excludes halogenated alkanes) is 2. The van der Waals surface area contributed by atoms with Crippen molar-refractivity contribution in [2.45, 2.75) is 39.5 Å². The quantitative estimate of drug-likeness (QED) is 0.122. The number of benzene rings is 3. The second kappa shape index (κ2) is 13.3. The third kappa shape index (κ3) is 7.58. The zero-order valence-corrected chi connectivity index (χ0v) is 21.1. The molecule has 0 heterocycles. The van der Waals surface area contributed by atoms with Crippen molar-refractivity contribution >= 4 is 46.5 Å². The van der Waals surface area contributed by atoms with Gasteiger partial charge in [-0.25, -0.2) is 4.79 Å². The van der Waals surface area contributed by atoms with Crippen LogP contribution in [0.2, 0.25) is 5.02 Å². The topological polar surface area (TPSA) is 93.7 Å². The molecule has 188 valence electrons. The normalized spacial score (nSPS) is 10.4. The first-order chi connectivity index (χ1) is 17.4. The second-order valence-corrected chi connectivity index (χ2v) is 8.56. The summed E-state index contributed by atoms with van der Waals surface area (Å²) in [6, 6.07) is 19.4. The van der Waals surface area contributed by atoms with E-state index in [2.05, 4.69) is 10.6 Å². The number of carbonyl (C=O) groups excluding carboxylic acids is 3. The van der Waals surface area contributed by atoms with Gasteiger partial charge < -0.3 is 14.8 Å². The van der Waals surface area contributed by atoms with E-state index >= 15 is 0 Å². The summed E-state index contributed by atoms with van der Waals surface area (Å²) in [5, 5.41) is 6.12. The zero-order valence-electron chi connectivity index (χ0n) is 20.3. The van der Waals surface area contributed by atoms with Crippen molar-refractivity contribution in [2.24, 2.45) is 0 Å². The van der Waals surface area contributed by atoms with Crippen LogP contribution in [0.25, 0.3) is 0 Å². The third-order valence-electron chi connectivity index (χ3n) is 5.44. The molecule has 0 spiro atoms. The van der Waals surface area contributed by atoms with Crippen LogP contribution < -0.4 is 10.6 Å². The van der Waals surface area contributed by atoms with Gasteiger partial charge in [-0.3, -0.25) is 14.9 Å². The van der Waals surface area contributed by atoms with E-state index in [9.17, 15) is 14.4 Å². The van der Waals surface area contributed by atoms with E-state index in [4.69, 9.17) is 21.1 Å². The Labute approximate surface area is 215 Å². The standard InChI is InChI=1S/C28H29ClN2O5/c1-3-4-5-14-26(32)35-18-36-28(34)31-25-13-9-8-12-24(25)30-20-15-16-22(23(29)17-20)27(33)21-11-7-6-10-19(21)2/h6-13,15-17,30H,3-5,14,18H2,1-2H3,(H,31,34). The highest BCUT2D eigenvalue weighted by Crippen LogP contribution is 2.29. The molecule has 3 aromatic rings. The largest absolute Gasteiger partial charge is 0.428 e. The molecule has 0 radical (unpaired) electrons. The predicted octanol–water partition coefficient (Wildman–Crippen LogP) is 7.25. The fourth-order valence-corrected chi connectivity index (χ4v) is 3.76. The van der Waals surface area contributed by atoms with Gasteiger partial charge in [0.15, 0.2) is 5.78 Å². The van der Waals surface area contributed by atoms with Gasteiger partial charge in [-0.15, -0.1) is 0 Å². The molecule has 1 amide bonds.